The van der Waals surface area contributed by atoms with Gasteiger partial charge in [0, 0.05) is 24.2 Å². The highest BCUT2D eigenvalue weighted by atomic mass is 35.5. The molecule has 0 bridgehead atoms. The number of carbonyl (C=O) groups excluding carboxylic acids is 2. The van der Waals surface area contributed by atoms with Gasteiger partial charge in [0.25, 0.3) is 5.91 Å². The molecule has 0 spiro atoms. The summed E-state index contributed by atoms with van der Waals surface area (Å²) in [4.78, 5) is 36.4. The highest BCUT2D eigenvalue weighted by Crippen LogP contribution is 2.30. The molecule has 0 fully saturated rings. The minimum absolute atomic E-state index is 0.120. The van der Waals surface area contributed by atoms with Crippen LogP contribution < -0.4 is 9.64 Å². The van der Waals surface area contributed by atoms with E-state index in [0.717, 1.165) is 0 Å². The predicted molar refractivity (Wildman–Crippen MR) is 73.4 cm³/mol. The number of fused-ring (bicyclic) bond motifs is 1. The Kier molecular flexibility index (Phi) is 3.49. The molecule has 1 amide bonds. The topological polar surface area (TPSA) is 85.3 Å². The summed E-state index contributed by atoms with van der Waals surface area (Å²) in [6.45, 7) is 0.0321. The lowest BCUT2D eigenvalue weighted by molar-refractivity contribution is -0.121. The fraction of sp³-hybridized carbons (Fsp3) is 0.154. The number of aldehydes is 1. The van der Waals surface area contributed by atoms with Crippen LogP contribution in [0, 0.1) is 0 Å². The number of anilines is 1. The second-order valence-electron chi connectivity index (χ2n) is 4.29. The Labute approximate surface area is 124 Å². The molecule has 0 unspecified atom stereocenters. The zero-order valence-electron chi connectivity index (χ0n) is 10.7. The molecule has 0 saturated heterocycles. The molecule has 0 aromatic carbocycles. The van der Waals surface area contributed by atoms with Crippen molar-refractivity contribution in [2.24, 2.45) is 0 Å². The third kappa shape index (κ3) is 2.68. The highest BCUT2D eigenvalue weighted by Gasteiger charge is 2.28. The first-order chi connectivity index (χ1) is 10.2. The maximum Gasteiger partial charge on any atom is 0.266 e. The van der Waals surface area contributed by atoms with Crippen LogP contribution in [0.15, 0.2) is 24.7 Å². The molecule has 0 radical (unpaired) electrons. The summed E-state index contributed by atoms with van der Waals surface area (Å²) in [5, 5.41) is 0.418. The first-order valence-corrected chi connectivity index (χ1v) is 6.40. The quantitative estimate of drug-likeness (QED) is 0.794. The van der Waals surface area contributed by atoms with E-state index in [4.69, 9.17) is 16.3 Å². The van der Waals surface area contributed by atoms with Crippen molar-refractivity contribution in [3.05, 3.63) is 41.1 Å². The third-order valence-electron chi connectivity index (χ3n) is 2.87. The van der Waals surface area contributed by atoms with Crippen LogP contribution >= 0.6 is 11.6 Å². The molecule has 3 rings (SSSR count). The number of halogens is 1. The highest BCUT2D eigenvalue weighted by molar-refractivity contribution is 6.30. The maximum atomic E-state index is 12.0. The van der Waals surface area contributed by atoms with Gasteiger partial charge in [0.05, 0.1) is 11.6 Å². The molecule has 3 heterocycles. The Morgan fingerprint density at radius 2 is 2.05 bits per heavy atom. The van der Waals surface area contributed by atoms with Crippen LogP contribution in [0.4, 0.5) is 5.82 Å². The lowest BCUT2D eigenvalue weighted by Crippen LogP contribution is -2.39. The zero-order valence-corrected chi connectivity index (χ0v) is 11.4. The summed E-state index contributed by atoms with van der Waals surface area (Å²) < 4.78 is 5.29. The van der Waals surface area contributed by atoms with Gasteiger partial charge in [-0.25, -0.2) is 15.0 Å². The molecule has 106 valence electrons. The average Bonchev–Trinajstić information content (AvgIpc) is 2.51. The molecule has 2 aromatic rings. The van der Waals surface area contributed by atoms with Crippen molar-refractivity contribution >= 4 is 29.6 Å². The second-order valence-corrected chi connectivity index (χ2v) is 4.73. The maximum absolute atomic E-state index is 12.0. The van der Waals surface area contributed by atoms with Gasteiger partial charge >= 0.3 is 0 Å². The molecule has 21 heavy (non-hydrogen) atoms. The molecular formula is C13H9ClN4O3. The summed E-state index contributed by atoms with van der Waals surface area (Å²) in [6, 6.07) is 1.54. The van der Waals surface area contributed by atoms with Crippen LogP contribution in [-0.4, -0.2) is 33.8 Å². The fourth-order valence-corrected chi connectivity index (χ4v) is 1.98. The van der Waals surface area contributed by atoms with Crippen LogP contribution in [-0.2, 0) is 11.3 Å². The van der Waals surface area contributed by atoms with E-state index in [1.54, 1.807) is 0 Å². The van der Waals surface area contributed by atoms with Gasteiger partial charge in [0.15, 0.2) is 24.5 Å². The predicted octanol–water partition coefficient (Wildman–Crippen LogP) is 1.26. The van der Waals surface area contributed by atoms with E-state index in [0.29, 0.717) is 34.3 Å². The molecular weight excluding hydrogens is 296 g/mol. The molecule has 1 aliphatic rings. The van der Waals surface area contributed by atoms with Crippen LogP contribution in [0.1, 0.15) is 16.2 Å². The third-order valence-corrected chi connectivity index (χ3v) is 3.07. The molecule has 2 aromatic heterocycles. The first-order valence-electron chi connectivity index (χ1n) is 6.02. The normalized spacial score (nSPS) is 13.6. The monoisotopic (exact) mass is 304 g/mol. The van der Waals surface area contributed by atoms with E-state index in [2.05, 4.69) is 15.0 Å². The van der Waals surface area contributed by atoms with Crippen molar-refractivity contribution in [1.82, 2.24) is 15.0 Å². The molecule has 0 aliphatic carbocycles. The molecule has 7 nitrogen and oxygen atoms in total. The number of nitrogens with zero attached hydrogens (tertiary/aromatic N) is 4. The summed E-state index contributed by atoms with van der Waals surface area (Å²) >= 11 is 5.73. The Morgan fingerprint density at radius 1 is 1.29 bits per heavy atom. The number of rotatable bonds is 3. The van der Waals surface area contributed by atoms with E-state index in [1.807, 2.05) is 0 Å². The van der Waals surface area contributed by atoms with Gasteiger partial charge < -0.3 is 4.74 Å². The van der Waals surface area contributed by atoms with Crippen LogP contribution in [0.3, 0.4) is 0 Å². The number of hydrogen-bond acceptors (Lipinski definition) is 6. The first kappa shape index (κ1) is 13.4. The molecule has 0 atom stereocenters. The molecule has 0 N–H and O–H groups in total. The zero-order chi connectivity index (χ0) is 14.8. The van der Waals surface area contributed by atoms with Crippen molar-refractivity contribution in [2.45, 2.75) is 6.54 Å². The largest absolute Gasteiger partial charge is 0.480 e. The smallest absolute Gasteiger partial charge is 0.266 e. The van der Waals surface area contributed by atoms with Crippen molar-refractivity contribution in [3.63, 3.8) is 0 Å². The van der Waals surface area contributed by atoms with E-state index >= 15 is 0 Å². The summed E-state index contributed by atoms with van der Waals surface area (Å²) in [7, 11) is 0. The van der Waals surface area contributed by atoms with Crippen molar-refractivity contribution in [3.8, 4) is 5.75 Å². The van der Waals surface area contributed by atoms with E-state index in [9.17, 15) is 9.59 Å². The van der Waals surface area contributed by atoms with Crippen molar-refractivity contribution in [1.29, 1.82) is 0 Å². The Morgan fingerprint density at radius 3 is 2.76 bits per heavy atom. The van der Waals surface area contributed by atoms with Gasteiger partial charge in [0.1, 0.15) is 5.82 Å². The Bertz CT molecular complexity index is 705. The van der Waals surface area contributed by atoms with Gasteiger partial charge in [0.2, 0.25) is 0 Å². The minimum atomic E-state index is -0.257. The second kappa shape index (κ2) is 5.45. The summed E-state index contributed by atoms with van der Waals surface area (Å²) in [5.74, 6) is 0.901. The van der Waals surface area contributed by atoms with Gasteiger partial charge in [-0.1, -0.05) is 11.6 Å². The van der Waals surface area contributed by atoms with Crippen LogP contribution in [0.5, 0.6) is 5.75 Å². The Balaban J connectivity index is 1.93. The van der Waals surface area contributed by atoms with Gasteiger partial charge in [-0.05, 0) is 6.07 Å². The summed E-state index contributed by atoms with van der Waals surface area (Å²) in [6.07, 6.45) is 4.96. The number of pyridine rings is 1. The minimum Gasteiger partial charge on any atom is -0.480 e. The van der Waals surface area contributed by atoms with E-state index < -0.39 is 0 Å². The number of amides is 1. The Hall–Kier alpha value is -2.54. The van der Waals surface area contributed by atoms with Crippen molar-refractivity contribution in [2.75, 3.05) is 11.5 Å². The number of hydrogen-bond donors (Lipinski definition) is 0. The fourth-order valence-electron chi connectivity index (χ4n) is 1.89. The SMILES string of the molecule is O=Cc1cnc2c(c1)OCC(=O)N2Cc1ncc(Cl)cn1. The summed E-state index contributed by atoms with van der Waals surface area (Å²) in [5.41, 5.74) is 0.380. The standard InChI is InChI=1S/C13H9ClN4O3/c14-9-3-15-11(16-4-9)5-18-12(20)7-21-10-1-8(6-19)2-17-13(10)18/h1-4,6H,5,7H2. The lowest BCUT2D eigenvalue weighted by Gasteiger charge is -2.27. The van der Waals surface area contributed by atoms with E-state index in [1.165, 1.54) is 29.6 Å². The van der Waals surface area contributed by atoms with Gasteiger partial charge in [-0.3, -0.25) is 14.5 Å². The van der Waals surface area contributed by atoms with Crippen molar-refractivity contribution < 1.29 is 14.3 Å². The van der Waals surface area contributed by atoms with Gasteiger partial charge in [-0.2, -0.15) is 0 Å². The van der Waals surface area contributed by atoms with Crippen LogP contribution in [0.25, 0.3) is 0 Å². The number of carbonyl (C=O) groups is 2. The molecule has 8 heteroatoms. The number of ether oxygens (including phenoxy) is 1. The molecule has 1 aliphatic heterocycles. The number of aromatic nitrogens is 3. The molecule has 0 saturated carbocycles. The lowest BCUT2D eigenvalue weighted by atomic mass is 10.2. The van der Waals surface area contributed by atoms with E-state index in [-0.39, 0.29) is 19.1 Å². The van der Waals surface area contributed by atoms with Crippen LogP contribution in [0.2, 0.25) is 5.02 Å². The average molecular weight is 305 g/mol. The van der Waals surface area contributed by atoms with Gasteiger partial charge in [-0.15, -0.1) is 0 Å².